The monoisotopic (exact) mass is 498 g/mol. The van der Waals surface area contributed by atoms with Gasteiger partial charge in [-0.1, -0.05) is 36.4 Å². The number of anilines is 2. The third kappa shape index (κ3) is 4.56. The Hall–Kier alpha value is -3.22. The Morgan fingerprint density at radius 1 is 0.571 bits per heavy atom. The molecule has 2 heterocycles. The van der Waals surface area contributed by atoms with Gasteiger partial charge < -0.3 is 19.3 Å². The summed E-state index contributed by atoms with van der Waals surface area (Å²) < 4.78 is 12.6. The zero-order valence-corrected chi connectivity index (χ0v) is 21.0. The van der Waals surface area contributed by atoms with Gasteiger partial charge in [0.05, 0.1) is 0 Å². The minimum atomic E-state index is 0.527. The quantitative estimate of drug-likeness (QED) is 0.311. The number of ether oxygens (including phenoxy) is 2. The third-order valence-corrected chi connectivity index (χ3v) is 7.22. The van der Waals surface area contributed by atoms with Crippen molar-refractivity contribution >= 4 is 36.6 Å². The van der Waals surface area contributed by atoms with Crippen molar-refractivity contribution in [2.24, 2.45) is 0 Å². The first-order valence-electron chi connectivity index (χ1n) is 11.7. The molecular formula is C29H26N2O2S2. The van der Waals surface area contributed by atoms with Crippen molar-refractivity contribution in [3.8, 4) is 11.5 Å². The molecule has 4 aromatic carbocycles. The summed E-state index contributed by atoms with van der Waals surface area (Å²) in [6.45, 7) is 2.69. The van der Waals surface area contributed by atoms with Gasteiger partial charge in [0, 0.05) is 51.8 Å². The van der Waals surface area contributed by atoms with Crippen LogP contribution in [0.4, 0.5) is 11.4 Å². The van der Waals surface area contributed by atoms with Gasteiger partial charge in [-0.2, -0.15) is 0 Å². The summed E-state index contributed by atoms with van der Waals surface area (Å²) in [5, 5.41) is 0. The predicted octanol–water partition coefficient (Wildman–Crippen LogP) is 6.57. The molecule has 0 saturated heterocycles. The highest BCUT2D eigenvalue weighted by molar-refractivity contribution is 7.80. The zero-order chi connectivity index (χ0) is 23.8. The molecule has 0 amide bonds. The van der Waals surface area contributed by atoms with Crippen molar-refractivity contribution in [3.05, 3.63) is 107 Å². The molecule has 35 heavy (non-hydrogen) atoms. The first kappa shape index (κ1) is 22.3. The molecule has 2 aliphatic rings. The van der Waals surface area contributed by atoms with E-state index in [1.165, 1.54) is 22.3 Å². The number of para-hydroxylation sites is 2. The number of rotatable bonds is 4. The number of nitrogens with zero attached hydrogens (tertiary/aromatic N) is 2. The number of hydrogen-bond donors (Lipinski definition) is 2. The highest BCUT2D eigenvalue weighted by Crippen LogP contribution is 2.37. The van der Waals surface area contributed by atoms with Crippen molar-refractivity contribution in [1.82, 2.24) is 0 Å². The van der Waals surface area contributed by atoms with Crippen molar-refractivity contribution < 1.29 is 9.47 Å². The van der Waals surface area contributed by atoms with E-state index in [4.69, 9.17) is 9.47 Å². The van der Waals surface area contributed by atoms with Gasteiger partial charge in [0.1, 0.15) is 11.5 Å². The Morgan fingerprint density at radius 2 is 1.00 bits per heavy atom. The molecule has 0 saturated carbocycles. The van der Waals surface area contributed by atoms with Gasteiger partial charge in [0.25, 0.3) is 0 Å². The predicted molar refractivity (Wildman–Crippen MR) is 146 cm³/mol. The molecule has 6 heteroatoms. The van der Waals surface area contributed by atoms with Gasteiger partial charge in [-0.15, -0.1) is 25.3 Å². The largest absolute Gasteiger partial charge is 0.472 e. The standard InChI is InChI=1S/C29H26N2O2S2/c34-26-11-7-24(8-12-26)30-16-22-5-1-3-20(28(22)32-18-30)15-21-4-2-6-23-17-31(19-33-29(21)23)25-9-13-27(35)14-10-25/h1-14,34-35H,15-19H2. The Labute approximate surface area is 216 Å². The van der Waals surface area contributed by atoms with E-state index in [0.717, 1.165) is 52.2 Å². The van der Waals surface area contributed by atoms with E-state index in [0.29, 0.717) is 13.5 Å². The van der Waals surface area contributed by atoms with Crippen LogP contribution in [0.25, 0.3) is 0 Å². The Balaban J connectivity index is 1.23. The summed E-state index contributed by atoms with van der Waals surface area (Å²) in [5.74, 6) is 1.99. The summed E-state index contributed by atoms with van der Waals surface area (Å²) in [4.78, 5) is 6.39. The van der Waals surface area contributed by atoms with Crippen LogP contribution in [0.15, 0.2) is 94.7 Å². The molecule has 0 fully saturated rings. The molecule has 0 N–H and O–H groups in total. The molecule has 0 bridgehead atoms. The Morgan fingerprint density at radius 3 is 1.43 bits per heavy atom. The van der Waals surface area contributed by atoms with Crippen LogP contribution >= 0.6 is 25.3 Å². The lowest BCUT2D eigenvalue weighted by Crippen LogP contribution is -2.32. The fourth-order valence-corrected chi connectivity index (χ4v) is 5.12. The topological polar surface area (TPSA) is 24.9 Å². The van der Waals surface area contributed by atoms with Crippen LogP contribution in [0.5, 0.6) is 11.5 Å². The molecule has 0 radical (unpaired) electrons. The average Bonchev–Trinajstić information content (AvgIpc) is 2.89. The maximum atomic E-state index is 6.30. The molecule has 6 rings (SSSR count). The molecule has 4 nitrogen and oxygen atoms in total. The van der Waals surface area contributed by atoms with Crippen LogP contribution in [-0.4, -0.2) is 13.5 Å². The van der Waals surface area contributed by atoms with Gasteiger partial charge in [-0.3, -0.25) is 0 Å². The smallest absolute Gasteiger partial charge is 0.161 e. The molecule has 176 valence electrons. The van der Waals surface area contributed by atoms with E-state index in [1.807, 2.05) is 24.3 Å². The fraction of sp³-hybridized carbons (Fsp3) is 0.172. The van der Waals surface area contributed by atoms with Gasteiger partial charge in [-0.25, -0.2) is 0 Å². The van der Waals surface area contributed by atoms with Crippen molar-refractivity contribution in [2.75, 3.05) is 23.3 Å². The van der Waals surface area contributed by atoms with Crippen LogP contribution in [0, 0.1) is 0 Å². The van der Waals surface area contributed by atoms with Gasteiger partial charge in [-0.05, 0) is 59.7 Å². The Kier molecular flexibility index (Phi) is 6.00. The number of hydrogen-bond acceptors (Lipinski definition) is 6. The summed E-state index contributed by atoms with van der Waals surface area (Å²) in [5.41, 5.74) is 7.06. The van der Waals surface area contributed by atoms with Crippen LogP contribution in [0.3, 0.4) is 0 Å². The highest BCUT2D eigenvalue weighted by atomic mass is 32.1. The summed E-state index contributed by atoms with van der Waals surface area (Å²) in [6, 6.07) is 29.3. The fourth-order valence-electron chi connectivity index (χ4n) is 4.83. The zero-order valence-electron chi connectivity index (χ0n) is 19.2. The Bertz CT molecular complexity index is 1250. The molecule has 4 aromatic rings. The van der Waals surface area contributed by atoms with E-state index in [-0.39, 0.29) is 0 Å². The highest BCUT2D eigenvalue weighted by Gasteiger charge is 2.24. The van der Waals surface area contributed by atoms with E-state index < -0.39 is 0 Å². The van der Waals surface area contributed by atoms with Crippen molar-refractivity contribution in [3.63, 3.8) is 0 Å². The molecule has 0 spiro atoms. The normalized spacial score (nSPS) is 14.6. The second-order valence-electron chi connectivity index (χ2n) is 8.96. The van der Waals surface area contributed by atoms with Crippen LogP contribution in [0.1, 0.15) is 22.3 Å². The maximum absolute atomic E-state index is 6.30. The minimum absolute atomic E-state index is 0.527. The van der Waals surface area contributed by atoms with Gasteiger partial charge in [0.2, 0.25) is 0 Å². The lowest BCUT2D eigenvalue weighted by molar-refractivity contribution is 0.283. The first-order valence-corrected chi connectivity index (χ1v) is 12.6. The van der Waals surface area contributed by atoms with E-state index >= 15 is 0 Å². The molecule has 0 aliphatic carbocycles. The molecule has 0 unspecified atom stereocenters. The SMILES string of the molecule is Sc1ccc(N2COc3c(Cc4cccc5c4OCN(c4ccc(S)cc4)C5)cccc3C2)cc1. The second kappa shape index (κ2) is 9.44. The third-order valence-electron chi connectivity index (χ3n) is 6.62. The van der Waals surface area contributed by atoms with Crippen LogP contribution < -0.4 is 19.3 Å². The van der Waals surface area contributed by atoms with Crippen LogP contribution in [-0.2, 0) is 19.5 Å². The average molecular weight is 499 g/mol. The van der Waals surface area contributed by atoms with Crippen LogP contribution in [0.2, 0.25) is 0 Å². The van der Waals surface area contributed by atoms with Gasteiger partial charge in [0.15, 0.2) is 13.5 Å². The number of benzene rings is 4. The minimum Gasteiger partial charge on any atom is -0.472 e. The van der Waals surface area contributed by atoms with Gasteiger partial charge >= 0.3 is 0 Å². The molecule has 2 aliphatic heterocycles. The molecule has 0 aromatic heterocycles. The number of fused-ring (bicyclic) bond motifs is 2. The second-order valence-corrected chi connectivity index (χ2v) is 10.00. The van der Waals surface area contributed by atoms with E-state index in [1.54, 1.807) is 0 Å². The summed E-state index contributed by atoms with van der Waals surface area (Å²) in [7, 11) is 0. The summed E-state index contributed by atoms with van der Waals surface area (Å²) >= 11 is 8.79. The first-order chi connectivity index (χ1) is 17.1. The number of thiol groups is 2. The van der Waals surface area contributed by atoms with E-state index in [9.17, 15) is 0 Å². The van der Waals surface area contributed by atoms with E-state index in [2.05, 4.69) is 95.7 Å². The maximum Gasteiger partial charge on any atom is 0.161 e. The lowest BCUT2D eigenvalue weighted by Gasteiger charge is -2.33. The van der Waals surface area contributed by atoms with Crippen molar-refractivity contribution in [2.45, 2.75) is 29.3 Å². The lowest BCUT2D eigenvalue weighted by atomic mass is 9.97. The molecular weight excluding hydrogens is 472 g/mol. The van der Waals surface area contributed by atoms with Crippen molar-refractivity contribution in [1.29, 1.82) is 0 Å². The summed E-state index contributed by atoms with van der Waals surface area (Å²) in [6.07, 6.45) is 0.773. The molecule has 0 atom stereocenters.